The van der Waals surface area contributed by atoms with Crippen LogP contribution >= 0.6 is 0 Å². The van der Waals surface area contributed by atoms with Crippen LogP contribution in [0.2, 0.25) is 13.3 Å². The van der Waals surface area contributed by atoms with Gasteiger partial charge in [-0.1, -0.05) is 6.58 Å². The summed E-state index contributed by atoms with van der Waals surface area (Å²) in [5, 5.41) is 7.60. The standard InChI is InChI=1S/3C4H9.C3H4O2.Sn/c3*1-3-4-2;1-2-3(4)5;/h3*1,3-4H2,2H3;2H,1H2,(H,4,5);. The number of aliphatic carboxylic acids is 1. The first-order valence-electron chi connectivity index (χ1n) is 7.31. The van der Waals surface area contributed by atoms with Crippen LogP contribution in [0.25, 0.3) is 0 Å². The van der Waals surface area contributed by atoms with Gasteiger partial charge in [-0.3, -0.25) is 0 Å². The number of hydrogen-bond donors (Lipinski definition) is 1. The first kappa shape index (κ1) is 20.3. The normalized spacial score (nSPS) is 9.78. The van der Waals surface area contributed by atoms with Gasteiger partial charge in [-0.05, 0) is 0 Å². The van der Waals surface area contributed by atoms with Gasteiger partial charge in [0.05, 0.1) is 0 Å². The molecule has 2 nitrogen and oxygen atoms in total. The molecule has 0 spiro atoms. The Labute approximate surface area is 121 Å². The van der Waals surface area contributed by atoms with E-state index < -0.39 is 25.7 Å². The third-order valence-corrected chi connectivity index (χ3v) is 11.9. The van der Waals surface area contributed by atoms with Gasteiger partial charge in [-0.25, -0.2) is 4.79 Å². The fourth-order valence-corrected chi connectivity index (χ4v) is 11.1. The summed E-state index contributed by atoms with van der Waals surface area (Å²) in [4.78, 5) is 9.25. The molecule has 0 rings (SSSR count). The molecule has 0 aliphatic carbocycles. The molecular formula is C15H31O2Sn. The molecule has 107 valence electrons. The zero-order valence-corrected chi connectivity index (χ0v) is 15.4. The number of carboxylic acid groups (broad SMARTS) is 1. The maximum atomic E-state index is 9.25. The van der Waals surface area contributed by atoms with E-state index >= 15 is 0 Å². The Balaban J connectivity index is 0. The molecule has 3 heteroatoms. The van der Waals surface area contributed by atoms with Gasteiger partial charge in [0.15, 0.2) is 0 Å². The zero-order valence-electron chi connectivity index (χ0n) is 12.5. The Hall–Kier alpha value is 0.00870. The van der Waals surface area contributed by atoms with Crippen molar-refractivity contribution in [2.24, 2.45) is 0 Å². The minimum atomic E-state index is -0.981. The second kappa shape index (κ2) is 17.0. The summed E-state index contributed by atoms with van der Waals surface area (Å²) < 4.78 is 5.04. The van der Waals surface area contributed by atoms with Crippen LogP contribution in [0, 0.1) is 0 Å². The van der Waals surface area contributed by atoms with E-state index in [0.29, 0.717) is 0 Å². The fourth-order valence-electron chi connectivity index (χ4n) is 1.66. The monoisotopic (exact) mass is 363 g/mol. The van der Waals surface area contributed by atoms with Crippen LogP contribution < -0.4 is 0 Å². The fraction of sp³-hybridized carbons (Fsp3) is 0.800. The third-order valence-electron chi connectivity index (χ3n) is 2.83. The molecule has 18 heavy (non-hydrogen) atoms. The van der Waals surface area contributed by atoms with E-state index in [0.717, 1.165) is 6.08 Å². The summed E-state index contributed by atoms with van der Waals surface area (Å²) in [5.74, 6) is -0.981. The van der Waals surface area contributed by atoms with Crippen LogP contribution in [0.1, 0.15) is 59.3 Å². The SMILES string of the molecule is C=CC(=O)O.CCC[CH2][Sn]([CH2]CCC)[CH2]CCC. The Kier molecular flexibility index (Phi) is 19.2. The predicted octanol–water partition coefficient (Wildman–Crippen LogP) is 5.14. The predicted molar refractivity (Wildman–Crippen MR) is 82.7 cm³/mol. The molecule has 1 N–H and O–H groups in total. The number of rotatable bonds is 10. The molecule has 0 aromatic heterocycles. The van der Waals surface area contributed by atoms with E-state index in [4.69, 9.17) is 5.11 Å². The first-order chi connectivity index (χ1) is 8.62. The number of carbonyl (C=O) groups is 1. The molecule has 0 aliphatic heterocycles. The van der Waals surface area contributed by atoms with Crippen molar-refractivity contribution in [3.8, 4) is 0 Å². The van der Waals surface area contributed by atoms with E-state index in [1.165, 1.54) is 38.5 Å². The van der Waals surface area contributed by atoms with Crippen LogP contribution in [0.15, 0.2) is 12.7 Å². The molecule has 1 radical (unpaired) electrons. The molecule has 0 atom stereocenters. The van der Waals surface area contributed by atoms with Crippen molar-refractivity contribution in [3.63, 3.8) is 0 Å². The van der Waals surface area contributed by atoms with E-state index in [1.807, 2.05) is 0 Å². The van der Waals surface area contributed by atoms with Crippen LogP contribution in [-0.4, -0.2) is 30.8 Å². The molecule has 0 unspecified atom stereocenters. The average molecular weight is 362 g/mol. The van der Waals surface area contributed by atoms with Gasteiger partial charge in [0.2, 0.25) is 0 Å². The Morgan fingerprint density at radius 3 is 1.44 bits per heavy atom. The van der Waals surface area contributed by atoms with E-state index in [9.17, 15) is 4.79 Å². The van der Waals surface area contributed by atoms with Gasteiger partial charge in [-0.2, -0.15) is 0 Å². The molecule has 0 amide bonds. The van der Waals surface area contributed by atoms with Crippen molar-refractivity contribution in [1.82, 2.24) is 0 Å². The Morgan fingerprint density at radius 1 is 1.00 bits per heavy atom. The quantitative estimate of drug-likeness (QED) is 0.432. The molecule has 0 fully saturated rings. The van der Waals surface area contributed by atoms with Crippen LogP contribution in [0.5, 0.6) is 0 Å². The second-order valence-electron chi connectivity index (χ2n) is 4.60. The third kappa shape index (κ3) is 18.4. The molecular weight excluding hydrogens is 331 g/mol. The van der Waals surface area contributed by atoms with Gasteiger partial charge in [0, 0.05) is 6.08 Å². The number of unbranched alkanes of at least 4 members (excludes halogenated alkanes) is 3. The Bertz CT molecular complexity index is 174. The summed E-state index contributed by atoms with van der Waals surface area (Å²) >= 11 is -0.839. The molecule has 0 bridgehead atoms. The zero-order chi connectivity index (χ0) is 14.2. The van der Waals surface area contributed by atoms with E-state index in [2.05, 4.69) is 27.4 Å². The Morgan fingerprint density at radius 2 is 1.28 bits per heavy atom. The maximum absolute atomic E-state index is 9.25. The van der Waals surface area contributed by atoms with Crippen LogP contribution in [0.4, 0.5) is 0 Å². The summed E-state index contributed by atoms with van der Waals surface area (Å²) in [6.45, 7) is 9.96. The van der Waals surface area contributed by atoms with Gasteiger partial charge >= 0.3 is 98.3 Å². The molecule has 0 saturated heterocycles. The van der Waals surface area contributed by atoms with Crippen molar-refractivity contribution >= 4 is 25.7 Å². The number of carboxylic acids is 1. The topological polar surface area (TPSA) is 37.3 Å². The minimum absolute atomic E-state index is 0.833. The summed E-state index contributed by atoms with van der Waals surface area (Å²) in [6.07, 6.45) is 9.68. The molecule has 0 aromatic carbocycles. The van der Waals surface area contributed by atoms with Gasteiger partial charge in [0.1, 0.15) is 0 Å². The van der Waals surface area contributed by atoms with Gasteiger partial charge in [0.25, 0.3) is 0 Å². The first-order valence-corrected chi connectivity index (χ1v) is 13.4. The number of hydrogen-bond acceptors (Lipinski definition) is 1. The van der Waals surface area contributed by atoms with Crippen LogP contribution in [-0.2, 0) is 4.79 Å². The molecule has 0 aliphatic rings. The van der Waals surface area contributed by atoms with Crippen molar-refractivity contribution in [1.29, 1.82) is 0 Å². The second-order valence-corrected chi connectivity index (χ2v) is 13.2. The van der Waals surface area contributed by atoms with Gasteiger partial charge < -0.3 is 5.11 Å². The molecule has 0 heterocycles. The van der Waals surface area contributed by atoms with Crippen molar-refractivity contribution in [2.75, 3.05) is 0 Å². The van der Waals surface area contributed by atoms with E-state index in [1.54, 1.807) is 13.3 Å². The molecule has 0 aromatic rings. The van der Waals surface area contributed by atoms with Crippen molar-refractivity contribution in [2.45, 2.75) is 72.6 Å². The summed E-state index contributed by atoms with van der Waals surface area (Å²) in [6, 6.07) is 0. The van der Waals surface area contributed by atoms with Gasteiger partial charge in [-0.15, -0.1) is 0 Å². The summed E-state index contributed by atoms with van der Waals surface area (Å²) in [7, 11) is 0. The average Bonchev–Trinajstić information content (AvgIpc) is 2.38. The molecule has 0 saturated carbocycles. The summed E-state index contributed by atoms with van der Waals surface area (Å²) in [5.41, 5.74) is 0. The van der Waals surface area contributed by atoms with E-state index in [-0.39, 0.29) is 0 Å². The van der Waals surface area contributed by atoms with Crippen molar-refractivity contribution in [3.05, 3.63) is 12.7 Å². The van der Waals surface area contributed by atoms with Crippen LogP contribution in [0.3, 0.4) is 0 Å². The van der Waals surface area contributed by atoms with Crippen molar-refractivity contribution < 1.29 is 9.90 Å².